The molecule has 0 radical (unpaired) electrons. The molecule has 3 rings (SSSR count). The van der Waals surface area contributed by atoms with Crippen LogP contribution in [0.2, 0.25) is 0 Å². The van der Waals surface area contributed by atoms with Crippen LogP contribution in [0.15, 0.2) is 16.8 Å². The summed E-state index contributed by atoms with van der Waals surface area (Å²) in [6.45, 7) is 2.88. The Morgan fingerprint density at radius 3 is 3.19 bits per heavy atom. The number of aromatic nitrogens is 3. The Kier molecular flexibility index (Phi) is 4.34. The highest BCUT2D eigenvalue weighted by molar-refractivity contribution is 7.07. The molecule has 1 aliphatic heterocycles. The monoisotopic (exact) mass is 304 g/mol. The molecule has 5 nitrogen and oxygen atoms in total. The van der Waals surface area contributed by atoms with E-state index in [0.29, 0.717) is 6.42 Å². The summed E-state index contributed by atoms with van der Waals surface area (Å²) in [7, 11) is 0. The number of hydrogen-bond acceptors (Lipinski definition) is 4. The van der Waals surface area contributed by atoms with Crippen molar-refractivity contribution in [3.8, 4) is 0 Å². The molecule has 2 aromatic rings. The van der Waals surface area contributed by atoms with Crippen molar-refractivity contribution in [1.82, 2.24) is 20.1 Å². The lowest BCUT2D eigenvalue weighted by atomic mass is 10.1. The van der Waals surface area contributed by atoms with Crippen molar-refractivity contribution >= 4 is 17.2 Å². The van der Waals surface area contributed by atoms with Gasteiger partial charge in [-0.1, -0.05) is 6.92 Å². The van der Waals surface area contributed by atoms with E-state index in [1.54, 1.807) is 11.3 Å². The summed E-state index contributed by atoms with van der Waals surface area (Å²) in [6, 6.07) is 2.28. The third-order valence-electron chi connectivity index (χ3n) is 3.93. The molecule has 1 N–H and O–H groups in total. The van der Waals surface area contributed by atoms with Gasteiger partial charge in [-0.2, -0.15) is 11.3 Å². The SMILES string of the molecule is CCc1nnc2n1C[C@@H](NC(=O)CCc1ccsc1)CC2. The molecule has 0 unspecified atom stereocenters. The number of carbonyl (C=O) groups is 1. The third-order valence-corrected chi connectivity index (χ3v) is 4.66. The summed E-state index contributed by atoms with van der Waals surface area (Å²) in [5, 5.41) is 15.7. The number of nitrogens with one attached hydrogen (secondary N) is 1. The van der Waals surface area contributed by atoms with Gasteiger partial charge in [0.25, 0.3) is 0 Å². The normalized spacial score (nSPS) is 17.5. The Morgan fingerprint density at radius 2 is 2.43 bits per heavy atom. The number of amides is 1. The lowest BCUT2D eigenvalue weighted by molar-refractivity contribution is -0.122. The highest BCUT2D eigenvalue weighted by atomic mass is 32.1. The number of fused-ring (bicyclic) bond motifs is 1. The van der Waals surface area contributed by atoms with Gasteiger partial charge in [-0.05, 0) is 35.2 Å². The Labute approximate surface area is 128 Å². The van der Waals surface area contributed by atoms with Crippen LogP contribution in [0.25, 0.3) is 0 Å². The molecule has 0 saturated heterocycles. The second kappa shape index (κ2) is 6.39. The van der Waals surface area contributed by atoms with E-state index in [1.807, 2.05) is 5.38 Å². The molecule has 0 bridgehead atoms. The maximum Gasteiger partial charge on any atom is 0.220 e. The molecule has 2 aromatic heterocycles. The van der Waals surface area contributed by atoms with Crippen LogP contribution in [-0.4, -0.2) is 26.7 Å². The quantitative estimate of drug-likeness (QED) is 0.918. The number of nitrogens with zero attached hydrogens (tertiary/aromatic N) is 3. The van der Waals surface area contributed by atoms with Crippen LogP contribution >= 0.6 is 11.3 Å². The number of rotatable bonds is 5. The molecule has 3 heterocycles. The zero-order chi connectivity index (χ0) is 14.7. The van der Waals surface area contributed by atoms with Gasteiger partial charge in [0.05, 0.1) is 0 Å². The minimum Gasteiger partial charge on any atom is -0.352 e. The minimum absolute atomic E-state index is 0.140. The summed E-state index contributed by atoms with van der Waals surface area (Å²) in [4.78, 5) is 12.1. The lowest BCUT2D eigenvalue weighted by Gasteiger charge is -2.25. The van der Waals surface area contributed by atoms with E-state index >= 15 is 0 Å². The summed E-state index contributed by atoms with van der Waals surface area (Å²) >= 11 is 1.68. The van der Waals surface area contributed by atoms with Gasteiger partial charge >= 0.3 is 0 Å². The second-order valence-electron chi connectivity index (χ2n) is 5.43. The van der Waals surface area contributed by atoms with Crippen LogP contribution in [-0.2, 0) is 30.6 Å². The molecular formula is C15H20N4OS. The lowest BCUT2D eigenvalue weighted by Crippen LogP contribution is -2.41. The van der Waals surface area contributed by atoms with E-state index in [-0.39, 0.29) is 11.9 Å². The van der Waals surface area contributed by atoms with Gasteiger partial charge in [-0.15, -0.1) is 10.2 Å². The van der Waals surface area contributed by atoms with Gasteiger partial charge in [0, 0.05) is 31.8 Å². The van der Waals surface area contributed by atoms with Gasteiger partial charge in [0.1, 0.15) is 11.6 Å². The molecule has 0 aliphatic carbocycles. The fraction of sp³-hybridized carbons (Fsp3) is 0.533. The van der Waals surface area contributed by atoms with Gasteiger partial charge < -0.3 is 9.88 Å². The van der Waals surface area contributed by atoms with E-state index in [4.69, 9.17) is 0 Å². The second-order valence-corrected chi connectivity index (χ2v) is 6.21. The molecule has 1 aliphatic rings. The molecule has 0 spiro atoms. The van der Waals surface area contributed by atoms with E-state index in [9.17, 15) is 4.79 Å². The van der Waals surface area contributed by atoms with E-state index in [1.165, 1.54) is 5.56 Å². The van der Waals surface area contributed by atoms with Crippen molar-refractivity contribution in [2.24, 2.45) is 0 Å². The molecule has 6 heteroatoms. The summed E-state index contributed by atoms with van der Waals surface area (Å²) < 4.78 is 2.16. The zero-order valence-corrected chi connectivity index (χ0v) is 13.0. The first-order valence-electron chi connectivity index (χ1n) is 7.47. The third kappa shape index (κ3) is 3.32. The molecule has 0 fully saturated rings. The highest BCUT2D eigenvalue weighted by Gasteiger charge is 2.23. The Hall–Kier alpha value is -1.69. The average molecular weight is 304 g/mol. The van der Waals surface area contributed by atoms with Gasteiger partial charge in [-0.3, -0.25) is 4.79 Å². The van der Waals surface area contributed by atoms with Crippen molar-refractivity contribution in [1.29, 1.82) is 0 Å². The average Bonchev–Trinajstić information content (AvgIpc) is 3.14. The Morgan fingerprint density at radius 1 is 1.52 bits per heavy atom. The predicted octanol–water partition coefficient (Wildman–Crippen LogP) is 1.97. The van der Waals surface area contributed by atoms with Gasteiger partial charge in [0.2, 0.25) is 5.91 Å². The minimum atomic E-state index is 0.140. The van der Waals surface area contributed by atoms with Crippen LogP contribution in [0.3, 0.4) is 0 Å². The largest absolute Gasteiger partial charge is 0.352 e. The summed E-state index contributed by atoms with van der Waals surface area (Å²) in [5.74, 6) is 2.21. The van der Waals surface area contributed by atoms with Crippen LogP contribution in [0, 0.1) is 0 Å². The number of carbonyl (C=O) groups excluding carboxylic acids is 1. The fourth-order valence-corrected chi connectivity index (χ4v) is 3.46. The predicted molar refractivity (Wildman–Crippen MR) is 82.3 cm³/mol. The molecule has 0 saturated carbocycles. The van der Waals surface area contributed by atoms with Crippen LogP contribution in [0.4, 0.5) is 0 Å². The van der Waals surface area contributed by atoms with Gasteiger partial charge in [-0.25, -0.2) is 0 Å². The number of hydrogen-bond donors (Lipinski definition) is 1. The van der Waals surface area contributed by atoms with Crippen LogP contribution in [0.5, 0.6) is 0 Å². The number of thiophene rings is 1. The molecular weight excluding hydrogens is 284 g/mol. The topological polar surface area (TPSA) is 59.8 Å². The first kappa shape index (κ1) is 14.3. The van der Waals surface area contributed by atoms with Crippen LogP contribution < -0.4 is 5.32 Å². The van der Waals surface area contributed by atoms with Crippen molar-refractivity contribution in [3.05, 3.63) is 34.0 Å². The first-order valence-corrected chi connectivity index (χ1v) is 8.42. The maximum atomic E-state index is 12.1. The summed E-state index contributed by atoms with van der Waals surface area (Å²) in [6.07, 6.45) is 4.10. The zero-order valence-electron chi connectivity index (χ0n) is 12.2. The smallest absolute Gasteiger partial charge is 0.220 e. The van der Waals surface area contributed by atoms with E-state index < -0.39 is 0 Å². The van der Waals surface area contributed by atoms with E-state index in [0.717, 1.165) is 43.9 Å². The summed E-state index contributed by atoms with van der Waals surface area (Å²) in [5.41, 5.74) is 1.24. The molecule has 1 atom stereocenters. The van der Waals surface area contributed by atoms with Crippen molar-refractivity contribution in [2.45, 2.75) is 51.6 Å². The van der Waals surface area contributed by atoms with Crippen molar-refractivity contribution in [3.63, 3.8) is 0 Å². The first-order chi connectivity index (χ1) is 10.3. The van der Waals surface area contributed by atoms with Crippen molar-refractivity contribution < 1.29 is 4.79 Å². The molecule has 0 aromatic carbocycles. The van der Waals surface area contributed by atoms with Gasteiger partial charge in [0.15, 0.2) is 0 Å². The number of aryl methyl sites for hydroxylation is 3. The maximum absolute atomic E-state index is 12.1. The molecule has 112 valence electrons. The van der Waals surface area contributed by atoms with Crippen LogP contribution in [0.1, 0.15) is 37.0 Å². The Bertz CT molecular complexity index is 592. The Balaban J connectivity index is 1.53. The molecule has 1 amide bonds. The van der Waals surface area contributed by atoms with E-state index in [2.05, 4.69) is 38.5 Å². The van der Waals surface area contributed by atoms with Crippen molar-refractivity contribution in [2.75, 3.05) is 0 Å². The highest BCUT2D eigenvalue weighted by Crippen LogP contribution is 2.16. The fourth-order valence-electron chi connectivity index (χ4n) is 2.76. The molecule has 21 heavy (non-hydrogen) atoms. The standard InChI is InChI=1S/C15H20N4OS/c1-2-13-17-18-14-5-4-12(9-19(13)14)16-15(20)6-3-11-7-8-21-10-11/h7-8,10,12H,2-6,9H2,1H3,(H,16,20)/t12-/m0/s1.